The number of hydrogen-bond acceptors (Lipinski definition) is 4. The molecule has 0 aliphatic rings. The summed E-state index contributed by atoms with van der Waals surface area (Å²) in [5.74, 6) is -0.356. The maximum atomic E-state index is 13.1. The highest BCUT2D eigenvalue weighted by Gasteiger charge is 2.16. The molecular weight excluding hydrogens is 446 g/mol. The zero-order valence-electron chi connectivity index (χ0n) is 15.9. The lowest BCUT2D eigenvalue weighted by atomic mass is 10.0. The number of rotatable bonds is 4. The van der Waals surface area contributed by atoms with Gasteiger partial charge in [0.25, 0.3) is 11.6 Å². The van der Waals surface area contributed by atoms with Crippen LogP contribution in [0.5, 0.6) is 0 Å². The maximum Gasteiger partial charge on any atom is 0.274 e. The first-order chi connectivity index (χ1) is 14.4. The van der Waals surface area contributed by atoms with Gasteiger partial charge in [0.05, 0.1) is 21.7 Å². The number of fused-ring (bicyclic) bond motifs is 1. The van der Waals surface area contributed by atoms with E-state index in [-0.39, 0.29) is 11.6 Å². The summed E-state index contributed by atoms with van der Waals surface area (Å²) in [6.45, 7) is 1.66. The standard InChI is InChI=1S/C23H16BrN3O3/c1-14-6-11-17(12-22(14)27(29)30)25-23(28)19-13-21(15-7-9-16(24)10-8-15)26-20-5-3-2-4-18(19)20/h2-13H,1H3,(H,25,28). The molecule has 7 heteroatoms. The molecule has 4 aromatic rings. The molecule has 0 saturated heterocycles. The van der Waals surface area contributed by atoms with E-state index in [0.717, 1.165) is 10.0 Å². The van der Waals surface area contributed by atoms with E-state index in [1.54, 1.807) is 25.1 Å². The van der Waals surface area contributed by atoms with E-state index in [0.29, 0.717) is 33.4 Å². The fourth-order valence-corrected chi connectivity index (χ4v) is 3.48. The van der Waals surface area contributed by atoms with Crippen LogP contribution < -0.4 is 5.32 Å². The first kappa shape index (κ1) is 19.7. The third-order valence-corrected chi connectivity index (χ3v) is 5.29. The number of pyridine rings is 1. The maximum absolute atomic E-state index is 13.1. The quantitative estimate of drug-likeness (QED) is 0.292. The zero-order valence-corrected chi connectivity index (χ0v) is 17.5. The zero-order chi connectivity index (χ0) is 21.3. The molecule has 1 heterocycles. The van der Waals surface area contributed by atoms with Gasteiger partial charge in [-0.1, -0.05) is 52.3 Å². The highest BCUT2D eigenvalue weighted by atomic mass is 79.9. The third-order valence-electron chi connectivity index (χ3n) is 4.76. The first-order valence-corrected chi connectivity index (χ1v) is 9.94. The molecule has 6 nitrogen and oxygen atoms in total. The number of nitrogens with zero attached hydrogens (tertiary/aromatic N) is 2. The number of carbonyl (C=O) groups is 1. The molecule has 1 amide bonds. The van der Waals surface area contributed by atoms with Crippen molar-refractivity contribution in [2.75, 3.05) is 5.32 Å². The van der Waals surface area contributed by atoms with E-state index < -0.39 is 4.92 Å². The van der Waals surface area contributed by atoms with Crippen LogP contribution in [0.4, 0.5) is 11.4 Å². The molecule has 0 radical (unpaired) electrons. The predicted octanol–water partition coefficient (Wildman–Crippen LogP) is 6.13. The molecule has 1 aromatic heterocycles. The number of nitrogens with one attached hydrogen (secondary N) is 1. The molecule has 0 bridgehead atoms. The number of hydrogen-bond donors (Lipinski definition) is 1. The number of anilines is 1. The monoisotopic (exact) mass is 461 g/mol. The Morgan fingerprint density at radius 2 is 1.77 bits per heavy atom. The van der Waals surface area contributed by atoms with Crippen molar-refractivity contribution in [3.8, 4) is 11.3 Å². The summed E-state index contributed by atoms with van der Waals surface area (Å²) < 4.78 is 0.950. The van der Waals surface area contributed by atoms with Crippen molar-refractivity contribution >= 4 is 44.1 Å². The average molecular weight is 462 g/mol. The summed E-state index contributed by atoms with van der Waals surface area (Å²) in [6, 6.07) is 21.4. The molecule has 0 aliphatic carbocycles. The minimum Gasteiger partial charge on any atom is -0.322 e. The molecule has 0 spiro atoms. The fraction of sp³-hybridized carbons (Fsp3) is 0.0435. The summed E-state index contributed by atoms with van der Waals surface area (Å²) in [5.41, 5.74) is 3.54. The van der Waals surface area contributed by atoms with Gasteiger partial charge in [-0.05, 0) is 37.3 Å². The smallest absolute Gasteiger partial charge is 0.274 e. The van der Waals surface area contributed by atoms with Gasteiger partial charge in [0.15, 0.2) is 0 Å². The van der Waals surface area contributed by atoms with Gasteiger partial charge in [-0.2, -0.15) is 0 Å². The van der Waals surface area contributed by atoms with Crippen molar-refractivity contribution in [1.82, 2.24) is 4.98 Å². The van der Waals surface area contributed by atoms with E-state index in [1.165, 1.54) is 6.07 Å². The van der Waals surface area contributed by atoms with Crippen LogP contribution in [-0.2, 0) is 0 Å². The third kappa shape index (κ3) is 3.92. The number of halogens is 1. The fourth-order valence-electron chi connectivity index (χ4n) is 3.21. The van der Waals surface area contributed by atoms with Crippen molar-refractivity contribution < 1.29 is 9.72 Å². The number of amides is 1. The highest BCUT2D eigenvalue weighted by Crippen LogP contribution is 2.28. The summed E-state index contributed by atoms with van der Waals surface area (Å²) in [4.78, 5) is 28.6. The second-order valence-electron chi connectivity index (χ2n) is 6.79. The number of nitro benzene ring substituents is 1. The van der Waals surface area contributed by atoms with Crippen molar-refractivity contribution in [1.29, 1.82) is 0 Å². The van der Waals surface area contributed by atoms with Crippen LogP contribution in [0, 0.1) is 17.0 Å². The summed E-state index contributed by atoms with van der Waals surface area (Å²) in [7, 11) is 0. The average Bonchev–Trinajstić information content (AvgIpc) is 2.74. The summed E-state index contributed by atoms with van der Waals surface area (Å²) in [5, 5.41) is 14.7. The molecule has 0 atom stereocenters. The normalized spacial score (nSPS) is 10.7. The van der Waals surface area contributed by atoms with Gasteiger partial charge in [-0.25, -0.2) is 4.98 Å². The van der Waals surface area contributed by atoms with Crippen LogP contribution in [0.1, 0.15) is 15.9 Å². The van der Waals surface area contributed by atoms with Crippen LogP contribution >= 0.6 is 15.9 Å². The Balaban J connectivity index is 1.77. The van der Waals surface area contributed by atoms with Crippen molar-refractivity contribution in [2.24, 2.45) is 0 Å². The lowest BCUT2D eigenvalue weighted by Crippen LogP contribution is -2.13. The van der Waals surface area contributed by atoms with Crippen molar-refractivity contribution in [2.45, 2.75) is 6.92 Å². The lowest BCUT2D eigenvalue weighted by Gasteiger charge is -2.11. The van der Waals surface area contributed by atoms with E-state index in [4.69, 9.17) is 0 Å². The topological polar surface area (TPSA) is 85.1 Å². The Hall–Kier alpha value is -3.58. The molecular formula is C23H16BrN3O3. The number of nitro groups is 1. The number of para-hydroxylation sites is 1. The Morgan fingerprint density at radius 3 is 2.50 bits per heavy atom. The largest absolute Gasteiger partial charge is 0.322 e. The SMILES string of the molecule is Cc1ccc(NC(=O)c2cc(-c3ccc(Br)cc3)nc3ccccc23)cc1[N+](=O)[O-]. The predicted molar refractivity (Wildman–Crippen MR) is 121 cm³/mol. The Morgan fingerprint density at radius 1 is 1.03 bits per heavy atom. The van der Waals surface area contributed by atoms with Gasteiger partial charge in [0.2, 0.25) is 0 Å². The molecule has 148 valence electrons. The van der Waals surface area contributed by atoms with Gasteiger partial charge >= 0.3 is 0 Å². The Bertz CT molecular complexity index is 1290. The minimum absolute atomic E-state index is 0.0389. The van der Waals surface area contributed by atoms with E-state index in [2.05, 4.69) is 26.2 Å². The second kappa shape index (κ2) is 8.04. The van der Waals surface area contributed by atoms with E-state index in [1.807, 2.05) is 48.5 Å². The minimum atomic E-state index is -0.460. The van der Waals surface area contributed by atoms with E-state index in [9.17, 15) is 14.9 Å². The van der Waals surface area contributed by atoms with Crippen LogP contribution in [0.15, 0.2) is 77.3 Å². The second-order valence-corrected chi connectivity index (χ2v) is 7.71. The number of carbonyl (C=O) groups excluding carboxylic acids is 1. The van der Waals surface area contributed by atoms with Gasteiger partial charge < -0.3 is 5.32 Å². The highest BCUT2D eigenvalue weighted by molar-refractivity contribution is 9.10. The first-order valence-electron chi connectivity index (χ1n) is 9.14. The molecule has 4 rings (SSSR count). The molecule has 1 N–H and O–H groups in total. The molecule has 0 saturated carbocycles. The van der Waals surface area contributed by atoms with Crippen LogP contribution in [0.2, 0.25) is 0 Å². The Kier molecular flexibility index (Phi) is 5.29. The van der Waals surface area contributed by atoms with Crippen molar-refractivity contribution in [3.05, 3.63) is 98.5 Å². The van der Waals surface area contributed by atoms with Crippen LogP contribution in [-0.4, -0.2) is 15.8 Å². The van der Waals surface area contributed by atoms with Gasteiger partial charge in [0.1, 0.15) is 0 Å². The van der Waals surface area contributed by atoms with Gasteiger partial charge in [-0.15, -0.1) is 0 Å². The lowest BCUT2D eigenvalue weighted by molar-refractivity contribution is -0.385. The molecule has 3 aromatic carbocycles. The summed E-state index contributed by atoms with van der Waals surface area (Å²) >= 11 is 3.42. The van der Waals surface area contributed by atoms with Crippen LogP contribution in [0.3, 0.4) is 0 Å². The molecule has 30 heavy (non-hydrogen) atoms. The van der Waals surface area contributed by atoms with Crippen LogP contribution in [0.25, 0.3) is 22.2 Å². The summed E-state index contributed by atoms with van der Waals surface area (Å²) in [6.07, 6.45) is 0. The van der Waals surface area contributed by atoms with Crippen molar-refractivity contribution in [3.63, 3.8) is 0 Å². The number of aryl methyl sites for hydroxylation is 1. The Labute approximate surface area is 180 Å². The molecule has 0 fully saturated rings. The van der Waals surface area contributed by atoms with Gasteiger partial charge in [-0.3, -0.25) is 14.9 Å². The number of benzene rings is 3. The van der Waals surface area contributed by atoms with E-state index >= 15 is 0 Å². The van der Waals surface area contributed by atoms with Gasteiger partial charge in [0, 0.05) is 32.7 Å². The molecule has 0 unspecified atom stereocenters. The number of aromatic nitrogens is 1. The molecule has 0 aliphatic heterocycles.